The number of unbranched alkanes of at least 4 members (excludes halogenated alkanes) is 4. The minimum Gasteiger partial charge on any atom is -0.0882 e. The Labute approximate surface area is 121 Å². The van der Waals surface area contributed by atoms with Gasteiger partial charge in [0.15, 0.2) is 0 Å². The van der Waals surface area contributed by atoms with Crippen LogP contribution in [-0.2, 0) is 0 Å². The number of hydrogen-bond donors (Lipinski definition) is 0. The molecule has 0 aromatic carbocycles. The molecule has 19 heavy (non-hydrogen) atoms. The van der Waals surface area contributed by atoms with Crippen molar-refractivity contribution in [1.82, 2.24) is 0 Å². The van der Waals surface area contributed by atoms with Gasteiger partial charge in [0, 0.05) is 0 Å². The van der Waals surface area contributed by atoms with Gasteiger partial charge in [-0.25, -0.2) is 0 Å². The molecular formula is C19H31. The van der Waals surface area contributed by atoms with Crippen molar-refractivity contribution in [3.8, 4) is 0 Å². The maximum absolute atomic E-state index is 3.81. The molecule has 0 saturated heterocycles. The van der Waals surface area contributed by atoms with E-state index in [9.17, 15) is 0 Å². The van der Waals surface area contributed by atoms with Crippen molar-refractivity contribution in [2.45, 2.75) is 64.7 Å². The minimum absolute atomic E-state index is 0.995. The number of allylic oxidation sites excluding steroid dienone is 8. The third kappa shape index (κ3) is 17.0. The summed E-state index contributed by atoms with van der Waals surface area (Å²) in [6, 6.07) is 0. The molecule has 0 nitrogen and oxygen atoms in total. The fourth-order valence-electron chi connectivity index (χ4n) is 1.68. The number of rotatable bonds is 12. The van der Waals surface area contributed by atoms with Crippen molar-refractivity contribution < 1.29 is 0 Å². The van der Waals surface area contributed by atoms with Gasteiger partial charge >= 0.3 is 0 Å². The molecule has 0 aliphatic heterocycles. The lowest BCUT2D eigenvalue weighted by Crippen LogP contribution is -1.70. The van der Waals surface area contributed by atoms with E-state index in [1.54, 1.807) is 0 Å². The van der Waals surface area contributed by atoms with Crippen LogP contribution in [0.4, 0.5) is 0 Å². The summed E-state index contributed by atoms with van der Waals surface area (Å²) in [7, 11) is 0. The molecule has 0 saturated carbocycles. The molecule has 0 aliphatic carbocycles. The quantitative estimate of drug-likeness (QED) is 0.274. The molecular weight excluding hydrogens is 228 g/mol. The average Bonchev–Trinajstić information content (AvgIpc) is 2.43. The SMILES string of the molecule is [CH2]CC/C=C/C/C=C/C/C=C/C/C=C/CCCCC. The lowest BCUT2D eigenvalue weighted by molar-refractivity contribution is 0.728. The first-order valence-electron chi connectivity index (χ1n) is 7.81. The molecule has 1 radical (unpaired) electrons. The standard InChI is InChI=1S/C19H31/c1-3-5-7-9-11-13-15-17-19-18-16-14-12-10-8-6-4-2/h7,9,12-15,18-19H,1,3-6,8,10-11,16-17H2,2H3/b9-7+,14-12+,15-13+,19-18+. The van der Waals surface area contributed by atoms with Crippen LogP contribution in [0, 0.1) is 6.92 Å². The lowest BCUT2D eigenvalue weighted by atomic mass is 10.2. The summed E-state index contributed by atoms with van der Waals surface area (Å²) in [5.74, 6) is 0. The maximum Gasteiger partial charge on any atom is -0.0169 e. The highest BCUT2D eigenvalue weighted by Gasteiger charge is 1.80. The molecule has 0 fully saturated rings. The maximum atomic E-state index is 3.81. The molecule has 0 amide bonds. The first kappa shape index (κ1) is 18.0. The van der Waals surface area contributed by atoms with Crippen molar-refractivity contribution >= 4 is 0 Å². The molecule has 0 aromatic heterocycles. The van der Waals surface area contributed by atoms with Crippen LogP contribution in [0.5, 0.6) is 0 Å². The van der Waals surface area contributed by atoms with E-state index in [1.165, 1.54) is 25.7 Å². The van der Waals surface area contributed by atoms with Crippen LogP contribution in [0.3, 0.4) is 0 Å². The van der Waals surface area contributed by atoms with Crippen molar-refractivity contribution in [3.05, 3.63) is 55.5 Å². The van der Waals surface area contributed by atoms with Crippen molar-refractivity contribution in [2.24, 2.45) is 0 Å². The van der Waals surface area contributed by atoms with Crippen molar-refractivity contribution in [3.63, 3.8) is 0 Å². The van der Waals surface area contributed by atoms with E-state index in [2.05, 4.69) is 62.5 Å². The van der Waals surface area contributed by atoms with Crippen LogP contribution in [0.2, 0.25) is 0 Å². The Hall–Kier alpha value is -1.04. The smallest absolute Gasteiger partial charge is 0.0169 e. The van der Waals surface area contributed by atoms with Crippen LogP contribution in [-0.4, -0.2) is 0 Å². The van der Waals surface area contributed by atoms with Crippen LogP contribution in [0.15, 0.2) is 48.6 Å². The van der Waals surface area contributed by atoms with Gasteiger partial charge in [-0.15, -0.1) is 0 Å². The van der Waals surface area contributed by atoms with Crippen molar-refractivity contribution in [1.29, 1.82) is 0 Å². The summed E-state index contributed by atoms with van der Waals surface area (Å²) >= 11 is 0. The predicted octanol–water partition coefficient (Wildman–Crippen LogP) is 6.58. The first-order valence-corrected chi connectivity index (χ1v) is 7.81. The fraction of sp³-hybridized carbons (Fsp3) is 0.526. The topological polar surface area (TPSA) is 0 Å². The highest BCUT2D eigenvalue weighted by atomic mass is 13.9. The summed E-state index contributed by atoms with van der Waals surface area (Å²) in [5.41, 5.74) is 0. The monoisotopic (exact) mass is 259 g/mol. The van der Waals surface area contributed by atoms with Crippen LogP contribution in [0.1, 0.15) is 64.7 Å². The van der Waals surface area contributed by atoms with Gasteiger partial charge in [0.2, 0.25) is 0 Å². The predicted molar refractivity (Wildman–Crippen MR) is 89.1 cm³/mol. The number of hydrogen-bond acceptors (Lipinski definition) is 0. The van der Waals surface area contributed by atoms with E-state index in [4.69, 9.17) is 0 Å². The third-order valence-electron chi connectivity index (χ3n) is 2.83. The Balaban J connectivity index is 3.35. The van der Waals surface area contributed by atoms with Crippen LogP contribution in [0.25, 0.3) is 0 Å². The zero-order valence-electron chi connectivity index (χ0n) is 12.7. The fourth-order valence-corrected chi connectivity index (χ4v) is 1.68. The Morgan fingerprint density at radius 1 is 0.632 bits per heavy atom. The van der Waals surface area contributed by atoms with Gasteiger partial charge < -0.3 is 0 Å². The molecule has 0 rings (SSSR count). The van der Waals surface area contributed by atoms with Crippen molar-refractivity contribution in [2.75, 3.05) is 0 Å². The molecule has 0 bridgehead atoms. The van der Waals surface area contributed by atoms with Gasteiger partial charge in [0.1, 0.15) is 0 Å². The molecule has 0 heterocycles. The highest BCUT2D eigenvalue weighted by Crippen LogP contribution is 2.00. The first-order chi connectivity index (χ1) is 9.41. The zero-order valence-corrected chi connectivity index (χ0v) is 12.7. The van der Waals surface area contributed by atoms with E-state index in [0.717, 1.165) is 32.1 Å². The molecule has 0 aromatic rings. The summed E-state index contributed by atoms with van der Waals surface area (Å²) in [4.78, 5) is 0. The summed E-state index contributed by atoms with van der Waals surface area (Å²) in [6.07, 6.45) is 28.4. The van der Waals surface area contributed by atoms with Gasteiger partial charge in [-0.3, -0.25) is 0 Å². The highest BCUT2D eigenvalue weighted by molar-refractivity contribution is 4.99. The minimum atomic E-state index is 0.995. The molecule has 0 aliphatic rings. The van der Waals surface area contributed by atoms with Crippen LogP contribution < -0.4 is 0 Å². The van der Waals surface area contributed by atoms with Gasteiger partial charge in [-0.05, 0) is 44.9 Å². The van der Waals surface area contributed by atoms with E-state index < -0.39 is 0 Å². The second-order valence-electron chi connectivity index (χ2n) is 4.73. The van der Waals surface area contributed by atoms with E-state index in [-0.39, 0.29) is 0 Å². The molecule has 0 heteroatoms. The van der Waals surface area contributed by atoms with E-state index in [1.807, 2.05) is 0 Å². The molecule has 0 unspecified atom stereocenters. The second kappa shape index (κ2) is 17.0. The van der Waals surface area contributed by atoms with E-state index in [0.29, 0.717) is 0 Å². The van der Waals surface area contributed by atoms with Gasteiger partial charge in [-0.1, -0.05) is 75.3 Å². The second-order valence-corrected chi connectivity index (χ2v) is 4.73. The summed E-state index contributed by atoms with van der Waals surface area (Å²) < 4.78 is 0. The zero-order chi connectivity index (χ0) is 14.0. The Morgan fingerprint density at radius 3 is 1.58 bits per heavy atom. The largest absolute Gasteiger partial charge is 0.0882 e. The Bertz CT molecular complexity index is 266. The Morgan fingerprint density at radius 2 is 1.11 bits per heavy atom. The lowest BCUT2D eigenvalue weighted by Gasteiger charge is -1.90. The summed E-state index contributed by atoms with van der Waals surface area (Å²) in [6.45, 7) is 6.05. The van der Waals surface area contributed by atoms with Gasteiger partial charge in [0.05, 0.1) is 0 Å². The Kier molecular flexibility index (Phi) is 16.0. The van der Waals surface area contributed by atoms with Gasteiger partial charge in [-0.2, -0.15) is 0 Å². The third-order valence-corrected chi connectivity index (χ3v) is 2.83. The molecule has 0 spiro atoms. The average molecular weight is 259 g/mol. The summed E-state index contributed by atoms with van der Waals surface area (Å²) in [5, 5.41) is 0. The van der Waals surface area contributed by atoms with E-state index >= 15 is 0 Å². The normalized spacial score (nSPS) is 12.7. The molecule has 0 N–H and O–H groups in total. The van der Waals surface area contributed by atoms with Gasteiger partial charge in [0.25, 0.3) is 0 Å². The van der Waals surface area contributed by atoms with Crippen LogP contribution >= 0.6 is 0 Å². The molecule has 107 valence electrons. The molecule has 0 atom stereocenters.